The van der Waals surface area contributed by atoms with Crippen molar-refractivity contribution >= 4 is 27.5 Å². The van der Waals surface area contributed by atoms with Crippen molar-refractivity contribution in [2.45, 2.75) is 11.8 Å². The zero-order valence-corrected chi connectivity index (χ0v) is 17.2. The fourth-order valence-corrected chi connectivity index (χ4v) is 4.46. The minimum atomic E-state index is -3.76. The van der Waals surface area contributed by atoms with Gasteiger partial charge in [-0.3, -0.25) is 0 Å². The maximum Gasteiger partial charge on any atom is 0.338 e. The number of rotatable bonds is 5. The standard InChI is InChI=1S/C23H20N2O4S/c1-17-11-13-18(14-12-17)23(26)29-16-15-25(19-7-3-2-4-8-19)22-20-9-5-6-10-21(20)30(27,28)24-22/h2-14H,15-16H2,1H3. The summed E-state index contributed by atoms with van der Waals surface area (Å²) in [6, 6.07) is 23.2. The molecule has 6 nitrogen and oxygen atoms in total. The molecule has 0 unspecified atom stereocenters. The topological polar surface area (TPSA) is 76.0 Å². The number of hydrogen-bond acceptors (Lipinski definition) is 5. The molecule has 0 bridgehead atoms. The van der Waals surface area contributed by atoms with Crippen LogP contribution in [0.1, 0.15) is 21.5 Å². The number of anilines is 1. The molecule has 1 aliphatic rings. The largest absolute Gasteiger partial charge is 0.460 e. The van der Waals surface area contributed by atoms with Crippen molar-refractivity contribution in [3.63, 3.8) is 0 Å². The zero-order chi connectivity index (χ0) is 21.1. The summed E-state index contributed by atoms with van der Waals surface area (Å²) in [4.78, 5) is 14.3. The van der Waals surface area contributed by atoms with Gasteiger partial charge in [0, 0.05) is 11.3 Å². The molecule has 0 saturated carbocycles. The van der Waals surface area contributed by atoms with E-state index in [4.69, 9.17) is 4.74 Å². The molecule has 7 heteroatoms. The summed E-state index contributed by atoms with van der Waals surface area (Å²) in [7, 11) is -3.76. The van der Waals surface area contributed by atoms with Gasteiger partial charge in [-0.15, -0.1) is 4.40 Å². The minimum Gasteiger partial charge on any atom is -0.460 e. The van der Waals surface area contributed by atoms with Gasteiger partial charge >= 0.3 is 5.97 Å². The number of para-hydroxylation sites is 1. The summed E-state index contributed by atoms with van der Waals surface area (Å²) in [5.74, 6) is -0.104. The van der Waals surface area contributed by atoms with Gasteiger partial charge in [0.15, 0.2) is 5.84 Å². The van der Waals surface area contributed by atoms with Crippen molar-refractivity contribution in [2.24, 2.45) is 4.40 Å². The summed E-state index contributed by atoms with van der Waals surface area (Å²) in [5, 5.41) is 0. The Hall–Kier alpha value is -3.45. The van der Waals surface area contributed by atoms with Crippen LogP contribution in [0.4, 0.5) is 5.69 Å². The van der Waals surface area contributed by atoms with Crippen LogP contribution in [0.5, 0.6) is 0 Å². The van der Waals surface area contributed by atoms with Crippen LogP contribution in [0.3, 0.4) is 0 Å². The molecule has 1 aliphatic heterocycles. The van der Waals surface area contributed by atoms with Crippen LogP contribution in [0.25, 0.3) is 0 Å². The van der Waals surface area contributed by atoms with Crippen LogP contribution in [-0.2, 0) is 14.8 Å². The van der Waals surface area contributed by atoms with Gasteiger partial charge in [-0.25, -0.2) is 4.79 Å². The molecule has 0 radical (unpaired) electrons. The Morgan fingerprint density at radius 2 is 1.60 bits per heavy atom. The molecule has 0 spiro atoms. The molecule has 3 aromatic rings. The lowest BCUT2D eigenvalue weighted by Crippen LogP contribution is -2.34. The van der Waals surface area contributed by atoms with Gasteiger partial charge in [0.2, 0.25) is 0 Å². The third-order valence-corrected chi connectivity index (χ3v) is 6.10. The third-order valence-electron chi connectivity index (χ3n) is 4.77. The van der Waals surface area contributed by atoms with Crippen LogP contribution in [0, 0.1) is 6.92 Å². The number of amidine groups is 1. The van der Waals surface area contributed by atoms with Gasteiger partial charge in [0.25, 0.3) is 10.0 Å². The van der Waals surface area contributed by atoms with E-state index < -0.39 is 16.0 Å². The van der Waals surface area contributed by atoms with Gasteiger partial charge in [0.05, 0.1) is 12.1 Å². The first-order valence-electron chi connectivity index (χ1n) is 9.46. The van der Waals surface area contributed by atoms with Gasteiger partial charge in [-0.05, 0) is 43.3 Å². The first kappa shape index (κ1) is 19.8. The van der Waals surface area contributed by atoms with Crippen molar-refractivity contribution in [3.8, 4) is 0 Å². The van der Waals surface area contributed by atoms with E-state index in [9.17, 15) is 13.2 Å². The lowest BCUT2D eigenvalue weighted by Gasteiger charge is -2.24. The maximum absolute atomic E-state index is 12.5. The van der Waals surface area contributed by atoms with Crippen LogP contribution >= 0.6 is 0 Å². The molecule has 0 amide bonds. The fourth-order valence-electron chi connectivity index (χ4n) is 3.25. The summed E-state index contributed by atoms with van der Waals surface area (Å²) in [6.45, 7) is 2.27. The lowest BCUT2D eigenvalue weighted by molar-refractivity contribution is 0.0517. The average Bonchev–Trinajstić information content (AvgIpc) is 3.03. The Bertz CT molecular complexity index is 1200. The van der Waals surface area contributed by atoms with Gasteiger partial charge in [0.1, 0.15) is 11.5 Å². The molecule has 0 atom stereocenters. The number of sulfonamides is 1. The van der Waals surface area contributed by atoms with Crippen LogP contribution in [0.2, 0.25) is 0 Å². The number of fused-ring (bicyclic) bond motifs is 1. The summed E-state index contributed by atoms with van der Waals surface area (Å²) < 4.78 is 34.4. The van der Waals surface area contributed by atoms with E-state index in [1.54, 1.807) is 41.3 Å². The number of aryl methyl sites for hydroxylation is 1. The van der Waals surface area contributed by atoms with E-state index >= 15 is 0 Å². The van der Waals surface area contributed by atoms with E-state index in [1.807, 2.05) is 49.4 Å². The fraction of sp³-hybridized carbons (Fsp3) is 0.130. The first-order valence-corrected chi connectivity index (χ1v) is 10.9. The molecule has 0 aliphatic carbocycles. The number of hydrogen-bond donors (Lipinski definition) is 0. The summed E-state index contributed by atoms with van der Waals surface area (Å²) in [5.41, 5.74) is 2.82. The highest BCUT2D eigenvalue weighted by atomic mass is 32.2. The van der Waals surface area contributed by atoms with E-state index in [-0.39, 0.29) is 18.0 Å². The van der Waals surface area contributed by atoms with Gasteiger partial charge in [-0.2, -0.15) is 8.42 Å². The van der Waals surface area contributed by atoms with Gasteiger partial charge in [-0.1, -0.05) is 48.0 Å². The number of nitrogens with zero attached hydrogens (tertiary/aromatic N) is 2. The molecule has 30 heavy (non-hydrogen) atoms. The predicted octanol–water partition coefficient (Wildman–Crippen LogP) is 3.81. The van der Waals surface area contributed by atoms with Gasteiger partial charge < -0.3 is 9.64 Å². The Balaban J connectivity index is 1.58. The summed E-state index contributed by atoms with van der Waals surface area (Å²) in [6.07, 6.45) is 0. The SMILES string of the molecule is Cc1ccc(C(=O)OCCN(C2=NS(=O)(=O)c3ccccc32)c2ccccc2)cc1. The highest BCUT2D eigenvalue weighted by molar-refractivity contribution is 7.90. The highest BCUT2D eigenvalue weighted by Crippen LogP contribution is 2.29. The molecule has 4 rings (SSSR count). The highest BCUT2D eigenvalue weighted by Gasteiger charge is 2.32. The monoisotopic (exact) mass is 420 g/mol. The Kier molecular flexibility index (Phi) is 5.37. The van der Waals surface area contributed by atoms with Crippen LogP contribution in [0.15, 0.2) is 88.2 Å². The van der Waals surface area contributed by atoms with Crippen LogP contribution < -0.4 is 4.90 Å². The van der Waals surface area contributed by atoms with Crippen molar-refractivity contribution in [1.82, 2.24) is 0 Å². The Labute approximate surface area is 175 Å². The molecule has 0 aromatic heterocycles. The molecular formula is C23H20N2O4S. The molecule has 1 heterocycles. The van der Waals surface area contributed by atoms with Crippen molar-refractivity contribution in [1.29, 1.82) is 0 Å². The smallest absolute Gasteiger partial charge is 0.338 e. The number of benzene rings is 3. The van der Waals surface area contributed by atoms with Crippen molar-refractivity contribution in [3.05, 3.63) is 95.6 Å². The second-order valence-corrected chi connectivity index (χ2v) is 8.45. The van der Waals surface area contributed by atoms with E-state index in [0.717, 1.165) is 11.3 Å². The quantitative estimate of drug-likeness (QED) is 0.587. The maximum atomic E-state index is 12.5. The summed E-state index contributed by atoms with van der Waals surface area (Å²) >= 11 is 0. The van der Waals surface area contributed by atoms with Crippen LogP contribution in [-0.4, -0.2) is 33.4 Å². The second-order valence-electron chi connectivity index (χ2n) is 6.88. The molecule has 3 aromatic carbocycles. The lowest BCUT2D eigenvalue weighted by atomic mass is 10.1. The normalized spacial score (nSPS) is 14.0. The molecule has 0 N–H and O–H groups in total. The molecule has 0 fully saturated rings. The number of carbonyl (C=O) groups excluding carboxylic acids is 1. The first-order chi connectivity index (χ1) is 14.5. The minimum absolute atomic E-state index is 0.0723. The molecule has 0 saturated heterocycles. The molecule has 152 valence electrons. The Morgan fingerprint density at radius 3 is 2.33 bits per heavy atom. The van der Waals surface area contributed by atoms with E-state index in [0.29, 0.717) is 17.0 Å². The van der Waals surface area contributed by atoms with Crippen molar-refractivity contribution in [2.75, 3.05) is 18.1 Å². The number of carbonyl (C=O) groups is 1. The van der Waals surface area contributed by atoms with Crippen molar-refractivity contribution < 1.29 is 17.9 Å². The average molecular weight is 420 g/mol. The second kappa shape index (κ2) is 8.12. The Morgan fingerprint density at radius 1 is 0.933 bits per heavy atom. The van der Waals surface area contributed by atoms with E-state index in [1.165, 1.54) is 0 Å². The third kappa shape index (κ3) is 3.97. The molecular weight excluding hydrogens is 400 g/mol. The number of esters is 1. The zero-order valence-electron chi connectivity index (χ0n) is 16.4. The number of ether oxygens (including phenoxy) is 1. The predicted molar refractivity (Wildman–Crippen MR) is 115 cm³/mol. The van der Waals surface area contributed by atoms with E-state index in [2.05, 4.69) is 4.40 Å².